The first kappa shape index (κ1) is 15.4. The van der Waals surface area contributed by atoms with Crippen LogP contribution in [0.3, 0.4) is 0 Å². The molecule has 0 bridgehead atoms. The van der Waals surface area contributed by atoms with Gasteiger partial charge in [-0.1, -0.05) is 0 Å². The number of ether oxygens (including phenoxy) is 1. The van der Waals surface area contributed by atoms with Crippen molar-refractivity contribution in [1.82, 2.24) is 0 Å². The molecule has 1 amide bonds. The number of hydrogen-bond acceptors (Lipinski definition) is 3. The van der Waals surface area contributed by atoms with Crippen LogP contribution in [0.15, 0.2) is 46.9 Å². The summed E-state index contributed by atoms with van der Waals surface area (Å²) in [6.45, 7) is 0. The Morgan fingerprint density at radius 3 is 2.38 bits per heavy atom. The average molecular weight is 349 g/mol. The number of halogens is 1. The van der Waals surface area contributed by atoms with Gasteiger partial charge >= 0.3 is 0 Å². The van der Waals surface area contributed by atoms with Crippen LogP contribution in [0, 0.1) is 0 Å². The smallest absolute Gasteiger partial charge is 0.256 e. The number of amides is 1. The van der Waals surface area contributed by atoms with Gasteiger partial charge in [-0.2, -0.15) is 0 Å². The molecule has 0 aliphatic carbocycles. The largest absolute Gasteiger partial charge is 0.497 e. The van der Waals surface area contributed by atoms with Crippen LogP contribution in [0.4, 0.5) is 11.4 Å². The van der Waals surface area contributed by atoms with Crippen molar-refractivity contribution in [2.45, 2.75) is 0 Å². The topological polar surface area (TPSA) is 41.6 Å². The average Bonchev–Trinajstić information content (AvgIpc) is 2.48. The summed E-state index contributed by atoms with van der Waals surface area (Å²) in [6.07, 6.45) is 0. The Morgan fingerprint density at radius 2 is 1.81 bits per heavy atom. The third-order valence-corrected chi connectivity index (χ3v) is 3.75. The molecule has 0 fully saturated rings. The maximum atomic E-state index is 12.3. The van der Waals surface area contributed by atoms with Crippen LogP contribution in [0.2, 0.25) is 0 Å². The molecule has 0 aliphatic rings. The van der Waals surface area contributed by atoms with Crippen LogP contribution < -0.4 is 15.0 Å². The second-order valence-corrected chi connectivity index (χ2v) is 5.60. The molecule has 2 aromatic rings. The molecule has 0 unspecified atom stereocenters. The molecule has 0 radical (unpaired) electrons. The van der Waals surface area contributed by atoms with Gasteiger partial charge in [-0.3, -0.25) is 4.79 Å². The molecule has 0 atom stereocenters. The Bertz CT molecular complexity index is 639. The fourth-order valence-corrected chi connectivity index (χ4v) is 2.27. The summed E-state index contributed by atoms with van der Waals surface area (Å²) in [6, 6.07) is 13.0. The normalized spacial score (nSPS) is 10.1. The first-order valence-corrected chi connectivity index (χ1v) is 7.23. The van der Waals surface area contributed by atoms with E-state index in [0.717, 1.165) is 15.8 Å². The van der Waals surface area contributed by atoms with Gasteiger partial charge in [0.05, 0.1) is 12.7 Å². The van der Waals surface area contributed by atoms with Crippen molar-refractivity contribution in [3.63, 3.8) is 0 Å². The summed E-state index contributed by atoms with van der Waals surface area (Å²) < 4.78 is 5.87. The van der Waals surface area contributed by atoms with E-state index in [9.17, 15) is 4.79 Å². The van der Waals surface area contributed by atoms with Gasteiger partial charge in [0, 0.05) is 29.9 Å². The number of anilines is 2. The van der Waals surface area contributed by atoms with E-state index in [2.05, 4.69) is 21.2 Å². The number of hydrogen-bond donors (Lipinski definition) is 1. The second-order valence-electron chi connectivity index (χ2n) is 4.74. The van der Waals surface area contributed by atoms with Gasteiger partial charge in [0.25, 0.3) is 5.91 Å². The SMILES string of the molecule is COc1ccc(Br)c(C(=O)Nc2ccc(N(C)C)cc2)c1. The summed E-state index contributed by atoms with van der Waals surface area (Å²) in [4.78, 5) is 14.3. The van der Waals surface area contributed by atoms with Gasteiger partial charge in [0.15, 0.2) is 0 Å². The highest BCUT2D eigenvalue weighted by atomic mass is 79.9. The van der Waals surface area contributed by atoms with Gasteiger partial charge in [-0.05, 0) is 58.4 Å². The van der Waals surface area contributed by atoms with E-state index in [1.54, 1.807) is 25.3 Å². The second kappa shape index (κ2) is 6.63. The fourth-order valence-electron chi connectivity index (χ4n) is 1.85. The predicted octanol–water partition coefficient (Wildman–Crippen LogP) is 3.78. The first-order chi connectivity index (χ1) is 10.0. The van der Waals surface area contributed by atoms with Crippen LogP contribution in [-0.4, -0.2) is 27.1 Å². The van der Waals surface area contributed by atoms with E-state index in [0.29, 0.717) is 11.3 Å². The maximum absolute atomic E-state index is 12.3. The lowest BCUT2D eigenvalue weighted by Crippen LogP contribution is -2.13. The van der Waals surface area contributed by atoms with Gasteiger partial charge in [0.2, 0.25) is 0 Å². The van der Waals surface area contributed by atoms with E-state index in [1.165, 1.54) is 0 Å². The molecule has 21 heavy (non-hydrogen) atoms. The van der Waals surface area contributed by atoms with Gasteiger partial charge in [-0.25, -0.2) is 0 Å². The van der Waals surface area contributed by atoms with E-state index in [4.69, 9.17) is 4.74 Å². The minimum atomic E-state index is -0.182. The number of nitrogens with one attached hydrogen (secondary N) is 1. The van der Waals surface area contributed by atoms with Gasteiger partial charge < -0.3 is 15.0 Å². The summed E-state index contributed by atoms with van der Waals surface area (Å²) >= 11 is 3.38. The highest BCUT2D eigenvalue weighted by molar-refractivity contribution is 9.10. The van der Waals surface area contributed by atoms with E-state index in [1.807, 2.05) is 43.3 Å². The molecule has 4 nitrogen and oxygen atoms in total. The molecule has 1 N–H and O–H groups in total. The van der Waals surface area contributed by atoms with Crippen molar-refractivity contribution in [2.24, 2.45) is 0 Å². The molecule has 0 heterocycles. The molecular weight excluding hydrogens is 332 g/mol. The Hall–Kier alpha value is -2.01. The van der Waals surface area contributed by atoms with Crippen molar-refractivity contribution in [3.05, 3.63) is 52.5 Å². The predicted molar refractivity (Wildman–Crippen MR) is 89.4 cm³/mol. The summed E-state index contributed by atoms with van der Waals surface area (Å²) in [5.74, 6) is 0.463. The number of nitrogens with zero attached hydrogens (tertiary/aromatic N) is 1. The van der Waals surface area contributed by atoms with Gasteiger partial charge in [-0.15, -0.1) is 0 Å². The van der Waals surface area contributed by atoms with E-state index in [-0.39, 0.29) is 5.91 Å². The molecule has 5 heteroatoms. The van der Waals surface area contributed by atoms with Crippen molar-refractivity contribution in [2.75, 3.05) is 31.4 Å². The van der Waals surface area contributed by atoms with Crippen LogP contribution in [0.5, 0.6) is 5.75 Å². The maximum Gasteiger partial charge on any atom is 0.256 e. The molecule has 2 rings (SSSR count). The van der Waals surface area contributed by atoms with Crippen LogP contribution >= 0.6 is 15.9 Å². The third kappa shape index (κ3) is 3.76. The highest BCUT2D eigenvalue weighted by Gasteiger charge is 2.11. The molecule has 0 saturated heterocycles. The standard InChI is InChI=1S/C16H17BrN2O2/c1-19(2)12-6-4-11(5-7-12)18-16(20)14-10-13(21-3)8-9-15(14)17/h4-10H,1-3H3,(H,18,20). The minimum Gasteiger partial charge on any atom is -0.497 e. The van der Waals surface area contributed by atoms with Crippen LogP contribution in [0.1, 0.15) is 10.4 Å². The zero-order chi connectivity index (χ0) is 15.4. The zero-order valence-corrected chi connectivity index (χ0v) is 13.8. The summed E-state index contributed by atoms with van der Waals surface area (Å²) in [5.41, 5.74) is 2.36. The molecule has 0 aromatic heterocycles. The van der Waals surface area contributed by atoms with Crippen LogP contribution in [0.25, 0.3) is 0 Å². The lowest BCUT2D eigenvalue weighted by molar-refractivity contribution is 0.102. The quantitative estimate of drug-likeness (QED) is 0.914. The first-order valence-electron chi connectivity index (χ1n) is 6.43. The Labute approximate surface area is 132 Å². The Kier molecular flexibility index (Phi) is 4.85. The summed E-state index contributed by atoms with van der Waals surface area (Å²) in [5, 5.41) is 2.87. The molecule has 110 valence electrons. The minimum absolute atomic E-state index is 0.182. The monoisotopic (exact) mass is 348 g/mol. The Balaban J connectivity index is 2.17. The highest BCUT2D eigenvalue weighted by Crippen LogP contribution is 2.24. The van der Waals surface area contributed by atoms with E-state index < -0.39 is 0 Å². The van der Waals surface area contributed by atoms with Crippen molar-refractivity contribution < 1.29 is 9.53 Å². The number of methoxy groups -OCH3 is 1. The molecular formula is C16H17BrN2O2. The van der Waals surface area contributed by atoms with E-state index >= 15 is 0 Å². The molecule has 2 aromatic carbocycles. The Morgan fingerprint density at radius 1 is 1.14 bits per heavy atom. The third-order valence-electron chi connectivity index (χ3n) is 3.06. The van der Waals surface area contributed by atoms with Crippen molar-refractivity contribution in [1.29, 1.82) is 0 Å². The zero-order valence-electron chi connectivity index (χ0n) is 12.2. The number of carbonyl (C=O) groups is 1. The molecule has 0 spiro atoms. The van der Waals surface area contributed by atoms with Crippen molar-refractivity contribution >= 4 is 33.2 Å². The lowest BCUT2D eigenvalue weighted by Gasteiger charge is -2.13. The number of benzene rings is 2. The lowest BCUT2D eigenvalue weighted by atomic mass is 10.2. The molecule has 0 aliphatic heterocycles. The van der Waals surface area contributed by atoms with Crippen LogP contribution in [-0.2, 0) is 0 Å². The fraction of sp³-hybridized carbons (Fsp3) is 0.188. The number of carbonyl (C=O) groups excluding carboxylic acids is 1. The van der Waals surface area contributed by atoms with Crippen molar-refractivity contribution in [3.8, 4) is 5.75 Å². The summed E-state index contributed by atoms with van der Waals surface area (Å²) in [7, 11) is 5.52. The van der Waals surface area contributed by atoms with Gasteiger partial charge in [0.1, 0.15) is 5.75 Å². The number of rotatable bonds is 4. The molecule has 0 saturated carbocycles.